The van der Waals surface area contributed by atoms with Crippen molar-refractivity contribution in [2.75, 3.05) is 19.6 Å². The van der Waals surface area contributed by atoms with Crippen LogP contribution in [0.5, 0.6) is 0 Å². The molecule has 0 spiro atoms. The Kier molecular flexibility index (Phi) is 11.9. The predicted octanol–water partition coefficient (Wildman–Crippen LogP) is 9.51. The SMILES string of the molecule is Cc1cncc(CCc2cc(CCc3cccc(-c4cccc(CCCCN5CCCCC5)c4Cl)c3C)c(Cl)cc2CN)c1. The third kappa shape index (κ3) is 8.52. The van der Waals surface area contributed by atoms with Gasteiger partial charge in [0.15, 0.2) is 0 Å². The van der Waals surface area contributed by atoms with E-state index in [4.69, 9.17) is 28.9 Å². The average molecular weight is 629 g/mol. The summed E-state index contributed by atoms with van der Waals surface area (Å²) in [5.74, 6) is 0. The second kappa shape index (κ2) is 16.0. The number of piperidine rings is 1. The number of rotatable bonds is 13. The van der Waals surface area contributed by atoms with Crippen molar-refractivity contribution in [2.24, 2.45) is 5.73 Å². The van der Waals surface area contributed by atoms with Crippen LogP contribution in [0.15, 0.2) is 67.0 Å². The second-order valence-corrected chi connectivity index (χ2v) is 13.3. The van der Waals surface area contributed by atoms with E-state index in [1.54, 1.807) is 0 Å². The number of pyridine rings is 1. The van der Waals surface area contributed by atoms with E-state index >= 15 is 0 Å². The van der Waals surface area contributed by atoms with E-state index in [2.05, 4.69) is 78.3 Å². The maximum atomic E-state index is 7.08. The van der Waals surface area contributed by atoms with Gasteiger partial charge in [-0.15, -0.1) is 0 Å². The van der Waals surface area contributed by atoms with Crippen molar-refractivity contribution in [2.45, 2.75) is 84.6 Å². The number of unbranched alkanes of at least 4 members (excludes halogenated alkanes) is 1. The Morgan fingerprint density at radius 3 is 2.20 bits per heavy atom. The molecular weight excluding hydrogens is 581 g/mol. The highest BCUT2D eigenvalue weighted by molar-refractivity contribution is 6.34. The zero-order valence-corrected chi connectivity index (χ0v) is 28.0. The van der Waals surface area contributed by atoms with Crippen LogP contribution in [0.2, 0.25) is 10.0 Å². The average Bonchev–Trinajstić information content (AvgIpc) is 3.03. The van der Waals surface area contributed by atoms with Crippen molar-refractivity contribution in [3.05, 3.63) is 122 Å². The second-order valence-electron chi connectivity index (χ2n) is 12.5. The summed E-state index contributed by atoms with van der Waals surface area (Å²) in [6, 6.07) is 19.7. The Bertz CT molecular complexity index is 1540. The number of hydrogen-bond donors (Lipinski definition) is 1. The van der Waals surface area contributed by atoms with Gasteiger partial charge < -0.3 is 10.6 Å². The minimum absolute atomic E-state index is 0.487. The van der Waals surface area contributed by atoms with Crippen LogP contribution in [0.3, 0.4) is 0 Å². The van der Waals surface area contributed by atoms with Crippen molar-refractivity contribution in [1.82, 2.24) is 9.88 Å². The first-order valence-corrected chi connectivity index (χ1v) is 17.2. The molecule has 1 aliphatic heterocycles. The molecule has 0 unspecified atom stereocenters. The molecule has 0 bridgehead atoms. The highest BCUT2D eigenvalue weighted by Crippen LogP contribution is 2.35. The minimum Gasteiger partial charge on any atom is -0.326 e. The predicted molar refractivity (Wildman–Crippen MR) is 188 cm³/mol. The van der Waals surface area contributed by atoms with Gasteiger partial charge in [0, 0.05) is 29.5 Å². The molecule has 0 saturated carbocycles. The lowest BCUT2D eigenvalue weighted by atomic mass is 9.91. The Morgan fingerprint density at radius 2 is 1.43 bits per heavy atom. The molecule has 1 aliphatic rings. The van der Waals surface area contributed by atoms with Gasteiger partial charge in [-0.1, -0.05) is 78.2 Å². The van der Waals surface area contributed by atoms with Gasteiger partial charge in [-0.3, -0.25) is 4.98 Å². The summed E-state index contributed by atoms with van der Waals surface area (Å²) >= 11 is 13.9. The number of nitrogens with two attached hydrogens (primary N) is 1. The standard InChI is InChI=1S/C39H47Cl2N3/c1-28-22-30(27-43-26-28)15-16-33-23-34(38(40)24-35(33)25-42)18-17-31-11-8-13-36(29(31)2)37-14-9-12-32(39(37)41)10-4-7-21-44-19-5-3-6-20-44/h8-9,11-14,22-24,26-27H,3-7,10,15-21,25,42H2,1-2H3. The fourth-order valence-electron chi connectivity index (χ4n) is 6.69. The Hall–Kier alpha value is -2.69. The molecule has 1 saturated heterocycles. The van der Waals surface area contributed by atoms with Gasteiger partial charge in [-0.05, 0) is 147 Å². The van der Waals surface area contributed by atoms with Gasteiger partial charge >= 0.3 is 0 Å². The summed E-state index contributed by atoms with van der Waals surface area (Å²) < 4.78 is 0. The van der Waals surface area contributed by atoms with Crippen LogP contribution >= 0.6 is 23.2 Å². The molecule has 2 N–H and O–H groups in total. The van der Waals surface area contributed by atoms with E-state index in [0.29, 0.717) is 6.54 Å². The smallest absolute Gasteiger partial charge is 0.0516 e. The topological polar surface area (TPSA) is 42.2 Å². The van der Waals surface area contributed by atoms with Crippen LogP contribution < -0.4 is 5.73 Å². The van der Waals surface area contributed by atoms with Gasteiger partial charge in [0.1, 0.15) is 0 Å². The van der Waals surface area contributed by atoms with E-state index in [9.17, 15) is 0 Å². The fourth-order valence-corrected chi connectivity index (χ4v) is 7.29. The van der Waals surface area contributed by atoms with Crippen molar-refractivity contribution in [3.63, 3.8) is 0 Å². The number of likely N-dealkylation sites (tertiary alicyclic amines) is 1. The number of nitrogens with zero attached hydrogens (tertiary/aromatic N) is 2. The van der Waals surface area contributed by atoms with Crippen LogP contribution in [0.1, 0.15) is 76.6 Å². The summed E-state index contributed by atoms with van der Waals surface area (Å²) in [5, 5.41) is 1.70. The highest BCUT2D eigenvalue weighted by Gasteiger charge is 2.15. The summed E-state index contributed by atoms with van der Waals surface area (Å²) in [6.07, 6.45) is 15.0. The van der Waals surface area contributed by atoms with Crippen LogP contribution in [-0.4, -0.2) is 29.5 Å². The molecule has 0 radical (unpaired) electrons. The number of halogens is 2. The molecule has 0 amide bonds. The summed E-state index contributed by atoms with van der Waals surface area (Å²) in [7, 11) is 0. The van der Waals surface area contributed by atoms with Crippen molar-refractivity contribution < 1.29 is 0 Å². The Morgan fingerprint density at radius 1 is 0.705 bits per heavy atom. The normalized spacial score (nSPS) is 13.8. The lowest BCUT2D eigenvalue weighted by molar-refractivity contribution is 0.225. The zero-order valence-electron chi connectivity index (χ0n) is 26.5. The van der Waals surface area contributed by atoms with E-state index < -0.39 is 0 Å². The van der Waals surface area contributed by atoms with Crippen LogP contribution in [-0.2, 0) is 38.6 Å². The molecule has 4 aromatic rings. The molecule has 232 valence electrons. The van der Waals surface area contributed by atoms with Crippen LogP contribution in [0.4, 0.5) is 0 Å². The van der Waals surface area contributed by atoms with Gasteiger partial charge in [-0.2, -0.15) is 0 Å². The highest BCUT2D eigenvalue weighted by atomic mass is 35.5. The molecule has 3 aromatic carbocycles. The molecule has 1 aromatic heterocycles. The summed E-state index contributed by atoms with van der Waals surface area (Å²) in [4.78, 5) is 6.98. The molecule has 0 aliphatic carbocycles. The monoisotopic (exact) mass is 627 g/mol. The van der Waals surface area contributed by atoms with Crippen LogP contribution in [0, 0.1) is 13.8 Å². The number of aromatic nitrogens is 1. The first-order chi connectivity index (χ1) is 21.4. The molecule has 5 heteroatoms. The first-order valence-electron chi connectivity index (χ1n) is 16.4. The molecule has 3 nitrogen and oxygen atoms in total. The van der Waals surface area contributed by atoms with E-state index in [0.717, 1.165) is 53.3 Å². The Balaban J connectivity index is 1.26. The molecule has 5 rings (SSSR count). The van der Waals surface area contributed by atoms with E-state index in [-0.39, 0.29) is 0 Å². The minimum atomic E-state index is 0.487. The quantitative estimate of drug-likeness (QED) is 0.150. The molecule has 0 atom stereocenters. The van der Waals surface area contributed by atoms with E-state index in [1.807, 2.05) is 12.4 Å². The largest absolute Gasteiger partial charge is 0.326 e. The Labute approximate surface area is 274 Å². The fraction of sp³-hybridized carbons (Fsp3) is 0.410. The van der Waals surface area contributed by atoms with Gasteiger partial charge in [0.05, 0.1) is 5.02 Å². The lowest BCUT2D eigenvalue weighted by Gasteiger charge is -2.26. The third-order valence-corrected chi connectivity index (χ3v) is 10.1. The molecule has 44 heavy (non-hydrogen) atoms. The maximum absolute atomic E-state index is 7.08. The van der Waals surface area contributed by atoms with Crippen molar-refractivity contribution in [1.29, 1.82) is 0 Å². The molecular formula is C39H47Cl2N3. The number of aryl methyl sites for hydroxylation is 6. The number of hydrogen-bond acceptors (Lipinski definition) is 3. The van der Waals surface area contributed by atoms with Crippen molar-refractivity contribution in [3.8, 4) is 11.1 Å². The van der Waals surface area contributed by atoms with Crippen molar-refractivity contribution >= 4 is 23.2 Å². The molecule has 1 fully saturated rings. The zero-order chi connectivity index (χ0) is 30.9. The maximum Gasteiger partial charge on any atom is 0.0516 e. The number of benzene rings is 3. The third-order valence-electron chi connectivity index (χ3n) is 9.30. The summed E-state index contributed by atoms with van der Waals surface area (Å²) in [5.41, 5.74) is 18.4. The van der Waals surface area contributed by atoms with Gasteiger partial charge in [-0.25, -0.2) is 0 Å². The van der Waals surface area contributed by atoms with Gasteiger partial charge in [0.25, 0.3) is 0 Å². The van der Waals surface area contributed by atoms with Crippen LogP contribution in [0.25, 0.3) is 11.1 Å². The summed E-state index contributed by atoms with van der Waals surface area (Å²) in [6.45, 7) is 8.55. The van der Waals surface area contributed by atoms with Gasteiger partial charge in [0.2, 0.25) is 0 Å². The van der Waals surface area contributed by atoms with E-state index in [1.165, 1.54) is 96.2 Å². The lowest BCUT2D eigenvalue weighted by Crippen LogP contribution is -2.30. The first kappa shape index (κ1) is 32.7. The molecule has 2 heterocycles.